The molecule has 0 aromatic heterocycles. The Morgan fingerprint density at radius 2 is 2.19 bits per heavy atom. The molecule has 0 aliphatic heterocycles. The number of methoxy groups -OCH3 is 1. The predicted octanol–water partition coefficient (Wildman–Crippen LogP) is 1.28. The van der Waals surface area contributed by atoms with E-state index in [1.54, 1.807) is 0 Å². The summed E-state index contributed by atoms with van der Waals surface area (Å²) in [7, 11) is 1.32. The van der Waals surface area contributed by atoms with E-state index in [0.29, 0.717) is 6.42 Å². The number of carboxylic acid groups (broad SMARTS) is 1. The highest BCUT2D eigenvalue weighted by Gasteiger charge is 2.46. The molecule has 3 unspecified atom stereocenters. The summed E-state index contributed by atoms with van der Waals surface area (Å²) in [6, 6.07) is 1.94. The van der Waals surface area contributed by atoms with E-state index in [2.05, 4.69) is 5.32 Å². The number of hydrogen-bond donors (Lipinski definition) is 2. The highest BCUT2D eigenvalue weighted by Crippen LogP contribution is 2.48. The Morgan fingerprint density at radius 1 is 1.48 bits per heavy atom. The van der Waals surface area contributed by atoms with Crippen LogP contribution in [0.3, 0.4) is 0 Å². The molecule has 1 fully saturated rings. The molecule has 0 spiro atoms. The molecule has 1 aliphatic rings. The Hall–Kier alpha value is -2.02. The van der Waals surface area contributed by atoms with Crippen molar-refractivity contribution in [2.24, 2.45) is 5.92 Å². The summed E-state index contributed by atoms with van der Waals surface area (Å²) >= 11 is 0. The van der Waals surface area contributed by atoms with Crippen molar-refractivity contribution in [3.63, 3.8) is 0 Å². The van der Waals surface area contributed by atoms with Gasteiger partial charge in [0.1, 0.15) is 11.6 Å². The summed E-state index contributed by atoms with van der Waals surface area (Å²) in [5, 5.41) is 11.2. The van der Waals surface area contributed by atoms with E-state index in [9.17, 15) is 18.4 Å². The van der Waals surface area contributed by atoms with Gasteiger partial charge in [-0.25, -0.2) is 13.6 Å². The van der Waals surface area contributed by atoms with Gasteiger partial charge in [-0.15, -0.1) is 0 Å². The van der Waals surface area contributed by atoms with Crippen LogP contribution in [0.5, 0.6) is 0 Å². The lowest BCUT2D eigenvalue weighted by Gasteiger charge is -2.13. The van der Waals surface area contributed by atoms with Gasteiger partial charge < -0.3 is 15.2 Å². The average Bonchev–Trinajstić information content (AvgIpc) is 3.21. The van der Waals surface area contributed by atoms with Gasteiger partial charge in [-0.1, -0.05) is 0 Å². The maximum Gasteiger partial charge on any atom is 0.328 e. The molecule has 1 saturated carbocycles. The molecule has 21 heavy (non-hydrogen) atoms. The maximum absolute atomic E-state index is 13.6. The lowest BCUT2D eigenvalue weighted by Crippen LogP contribution is -2.44. The molecular weight excluding hydrogens is 284 g/mol. The van der Waals surface area contributed by atoms with Crippen molar-refractivity contribution in [3.8, 4) is 0 Å². The molecule has 1 aliphatic carbocycles. The Kier molecular flexibility index (Phi) is 4.52. The molecule has 0 heterocycles. The third-order valence-electron chi connectivity index (χ3n) is 3.43. The standard InChI is InChI=1S/C14H15F2NO4/c1-21-6-12(14(19)20)17-13(18)10-5-8(10)9-4-7(15)2-3-11(9)16/h2-4,8,10,12H,5-6H2,1H3,(H,17,18)(H,19,20). The van der Waals surface area contributed by atoms with E-state index in [4.69, 9.17) is 9.84 Å². The second-order valence-electron chi connectivity index (χ2n) is 4.97. The van der Waals surface area contributed by atoms with Crippen LogP contribution >= 0.6 is 0 Å². The number of nitrogens with one attached hydrogen (secondary N) is 1. The Balaban J connectivity index is 2.00. The number of benzene rings is 1. The summed E-state index contributed by atoms with van der Waals surface area (Å²) < 4.78 is 31.4. The van der Waals surface area contributed by atoms with Crippen LogP contribution in [0.15, 0.2) is 18.2 Å². The Morgan fingerprint density at radius 3 is 2.81 bits per heavy atom. The molecule has 5 nitrogen and oxygen atoms in total. The van der Waals surface area contributed by atoms with E-state index in [-0.39, 0.29) is 12.2 Å². The topological polar surface area (TPSA) is 75.6 Å². The number of carboxylic acids is 1. The van der Waals surface area contributed by atoms with Crippen molar-refractivity contribution in [1.29, 1.82) is 0 Å². The van der Waals surface area contributed by atoms with Crippen LogP contribution in [0.25, 0.3) is 0 Å². The first-order valence-electron chi connectivity index (χ1n) is 6.41. The molecule has 0 bridgehead atoms. The van der Waals surface area contributed by atoms with Crippen molar-refractivity contribution < 1.29 is 28.2 Å². The smallest absolute Gasteiger partial charge is 0.328 e. The minimum Gasteiger partial charge on any atom is -0.480 e. The minimum atomic E-state index is -1.21. The zero-order valence-electron chi connectivity index (χ0n) is 11.3. The van der Waals surface area contributed by atoms with Crippen molar-refractivity contribution in [3.05, 3.63) is 35.4 Å². The summed E-state index contributed by atoms with van der Waals surface area (Å²) in [5.74, 6) is -3.80. The number of rotatable bonds is 6. The highest BCUT2D eigenvalue weighted by molar-refractivity contribution is 5.87. The third-order valence-corrected chi connectivity index (χ3v) is 3.43. The number of carbonyl (C=O) groups is 2. The molecule has 2 N–H and O–H groups in total. The van der Waals surface area contributed by atoms with Gasteiger partial charge >= 0.3 is 5.97 Å². The normalized spacial score (nSPS) is 21.7. The first-order chi connectivity index (χ1) is 9.93. The van der Waals surface area contributed by atoms with Crippen LogP contribution in [-0.4, -0.2) is 36.7 Å². The second-order valence-corrected chi connectivity index (χ2v) is 4.97. The molecule has 0 saturated heterocycles. The van der Waals surface area contributed by atoms with Crippen LogP contribution in [0.4, 0.5) is 8.78 Å². The van der Waals surface area contributed by atoms with Crippen molar-refractivity contribution >= 4 is 11.9 Å². The first-order valence-corrected chi connectivity index (χ1v) is 6.41. The molecule has 7 heteroatoms. The fourth-order valence-corrected chi connectivity index (χ4v) is 2.25. The lowest BCUT2D eigenvalue weighted by atomic mass is 10.1. The van der Waals surface area contributed by atoms with Crippen molar-refractivity contribution in [2.45, 2.75) is 18.4 Å². The molecule has 1 amide bonds. The second kappa shape index (κ2) is 6.17. The fourth-order valence-electron chi connectivity index (χ4n) is 2.25. The summed E-state index contributed by atoms with van der Waals surface area (Å²) in [6.07, 6.45) is 0.367. The third kappa shape index (κ3) is 3.55. The molecule has 2 rings (SSSR count). The van der Waals surface area contributed by atoms with Gasteiger partial charge in [0.15, 0.2) is 6.04 Å². The van der Waals surface area contributed by atoms with Crippen molar-refractivity contribution in [2.75, 3.05) is 13.7 Å². The molecule has 3 atom stereocenters. The first kappa shape index (κ1) is 15.4. The van der Waals surface area contributed by atoms with Gasteiger partial charge in [-0.3, -0.25) is 4.79 Å². The van der Waals surface area contributed by atoms with Gasteiger partial charge in [0.05, 0.1) is 6.61 Å². The lowest BCUT2D eigenvalue weighted by molar-refractivity contribution is -0.143. The van der Waals surface area contributed by atoms with Gasteiger partial charge in [-0.05, 0) is 36.1 Å². The molecule has 114 valence electrons. The van der Waals surface area contributed by atoms with Crippen LogP contribution in [0.2, 0.25) is 0 Å². The van der Waals surface area contributed by atoms with Gasteiger partial charge in [0.25, 0.3) is 0 Å². The van der Waals surface area contributed by atoms with Crippen LogP contribution in [0.1, 0.15) is 17.9 Å². The maximum atomic E-state index is 13.6. The van der Waals surface area contributed by atoms with E-state index in [0.717, 1.165) is 18.2 Å². The molecule has 0 radical (unpaired) electrons. The van der Waals surface area contributed by atoms with E-state index >= 15 is 0 Å². The predicted molar refractivity (Wildman–Crippen MR) is 68.6 cm³/mol. The fraction of sp³-hybridized carbons (Fsp3) is 0.429. The minimum absolute atomic E-state index is 0.147. The zero-order valence-corrected chi connectivity index (χ0v) is 11.3. The SMILES string of the molecule is COCC(NC(=O)C1CC1c1cc(F)ccc1F)C(=O)O. The van der Waals surface area contributed by atoms with Gasteiger partial charge in [0, 0.05) is 13.0 Å². The van der Waals surface area contributed by atoms with E-state index < -0.39 is 41.4 Å². The monoisotopic (exact) mass is 299 g/mol. The number of carbonyl (C=O) groups excluding carboxylic acids is 1. The number of halogens is 2. The quantitative estimate of drug-likeness (QED) is 0.830. The van der Waals surface area contributed by atoms with Crippen LogP contribution in [0, 0.1) is 17.6 Å². The summed E-state index contributed by atoms with van der Waals surface area (Å²) in [4.78, 5) is 22.8. The highest BCUT2D eigenvalue weighted by atomic mass is 19.1. The molecule has 1 aromatic carbocycles. The Labute approximate surface area is 119 Å². The van der Waals surface area contributed by atoms with E-state index in [1.807, 2.05) is 0 Å². The number of ether oxygens (including phenoxy) is 1. The molecule has 1 aromatic rings. The summed E-state index contributed by atoms with van der Waals surface area (Å²) in [6.45, 7) is -0.160. The van der Waals surface area contributed by atoms with Crippen molar-refractivity contribution in [1.82, 2.24) is 5.32 Å². The largest absolute Gasteiger partial charge is 0.480 e. The molecular formula is C14H15F2NO4. The summed E-state index contributed by atoms with van der Waals surface area (Å²) in [5.41, 5.74) is 0.147. The van der Waals surface area contributed by atoms with Gasteiger partial charge in [0.2, 0.25) is 5.91 Å². The number of amides is 1. The average molecular weight is 299 g/mol. The zero-order chi connectivity index (χ0) is 15.6. The van der Waals surface area contributed by atoms with Crippen LogP contribution < -0.4 is 5.32 Å². The van der Waals surface area contributed by atoms with E-state index in [1.165, 1.54) is 7.11 Å². The van der Waals surface area contributed by atoms with Crippen LogP contribution in [-0.2, 0) is 14.3 Å². The number of aliphatic carboxylic acids is 1. The Bertz CT molecular complexity index is 564. The number of hydrogen-bond acceptors (Lipinski definition) is 3. The van der Waals surface area contributed by atoms with Gasteiger partial charge in [-0.2, -0.15) is 0 Å².